The molecule has 0 atom stereocenters. The fraction of sp³-hybridized carbons (Fsp3) is 0.360. The molecular formula is C25H31ClN8O. The Morgan fingerprint density at radius 2 is 1.80 bits per heavy atom. The van der Waals surface area contributed by atoms with Crippen LogP contribution in [0.2, 0.25) is 5.02 Å². The first kappa shape index (κ1) is 24.7. The molecule has 2 aromatic heterocycles. The maximum absolute atomic E-state index is 12.6. The lowest BCUT2D eigenvalue weighted by molar-refractivity contribution is 0.0944. The van der Waals surface area contributed by atoms with Crippen LogP contribution in [-0.2, 0) is 0 Å². The Kier molecular flexibility index (Phi) is 7.67. The van der Waals surface area contributed by atoms with Gasteiger partial charge in [0, 0.05) is 32.2 Å². The second-order valence-corrected chi connectivity index (χ2v) is 9.38. The summed E-state index contributed by atoms with van der Waals surface area (Å²) < 4.78 is 0. The third-order valence-electron chi connectivity index (χ3n) is 5.70. The van der Waals surface area contributed by atoms with Gasteiger partial charge in [0.15, 0.2) is 5.82 Å². The SMILES string of the molecule is Cc1cc(Nc2ncc(Cl)c(Nc3ccccc3C(=O)NC(C)C)n2)cnc1N1CCN(C)CC1. The van der Waals surface area contributed by atoms with E-state index in [0.29, 0.717) is 28.0 Å². The van der Waals surface area contributed by atoms with Gasteiger partial charge in [0.25, 0.3) is 5.91 Å². The van der Waals surface area contributed by atoms with Gasteiger partial charge in [-0.15, -0.1) is 0 Å². The standard InChI is InChI=1S/C25H31ClN8O/c1-16(2)29-24(35)19-7-5-6-8-21(19)31-22-20(26)15-28-25(32-22)30-18-13-17(3)23(27-14-18)34-11-9-33(4)10-12-34/h5-8,13-16H,9-12H2,1-4H3,(H,29,35)(H2,28,30,31,32). The second kappa shape index (κ2) is 10.9. The molecule has 0 spiro atoms. The predicted octanol–water partition coefficient (Wildman–Crippen LogP) is 4.21. The van der Waals surface area contributed by atoms with Gasteiger partial charge < -0.3 is 25.8 Å². The molecule has 3 aromatic rings. The number of hydrogen-bond acceptors (Lipinski definition) is 8. The molecule has 10 heteroatoms. The molecule has 0 bridgehead atoms. The van der Waals surface area contributed by atoms with Crippen molar-refractivity contribution in [1.29, 1.82) is 0 Å². The van der Waals surface area contributed by atoms with Gasteiger partial charge in [-0.05, 0) is 51.6 Å². The van der Waals surface area contributed by atoms with Crippen LogP contribution in [0.3, 0.4) is 0 Å². The normalized spacial score (nSPS) is 14.2. The predicted molar refractivity (Wildman–Crippen MR) is 141 cm³/mol. The van der Waals surface area contributed by atoms with Gasteiger partial charge >= 0.3 is 0 Å². The van der Waals surface area contributed by atoms with Crippen molar-refractivity contribution in [3.05, 3.63) is 58.9 Å². The topological polar surface area (TPSA) is 98.3 Å². The zero-order valence-electron chi connectivity index (χ0n) is 20.5. The van der Waals surface area contributed by atoms with Crippen LogP contribution in [0.25, 0.3) is 0 Å². The number of rotatable bonds is 7. The van der Waals surface area contributed by atoms with E-state index in [1.807, 2.05) is 38.1 Å². The third kappa shape index (κ3) is 6.17. The zero-order valence-corrected chi connectivity index (χ0v) is 21.2. The van der Waals surface area contributed by atoms with E-state index in [-0.39, 0.29) is 11.9 Å². The molecule has 0 saturated carbocycles. The molecule has 1 amide bonds. The number of amides is 1. The highest BCUT2D eigenvalue weighted by atomic mass is 35.5. The van der Waals surface area contributed by atoms with Crippen LogP contribution < -0.4 is 20.9 Å². The van der Waals surface area contributed by atoms with E-state index < -0.39 is 0 Å². The van der Waals surface area contributed by atoms with Gasteiger partial charge in [-0.3, -0.25) is 4.79 Å². The summed E-state index contributed by atoms with van der Waals surface area (Å²) in [6, 6.07) is 9.29. The number of hydrogen-bond donors (Lipinski definition) is 3. The van der Waals surface area contributed by atoms with Gasteiger partial charge in [0.2, 0.25) is 5.95 Å². The first-order valence-corrected chi connectivity index (χ1v) is 12.0. The van der Waals surface area contributed by atoms with E-state index >= 15 is 0 Å². The molecule has 184 valence electrons. The van der Waals surface area contributed by atoms with Crippen molar-refractivity contribution >= 4 is 46.5 Å². The van der Waals surface area contributed by atoms with E-state index in [9.17, 15) is 4.79 Å². The monoisotopic (exact) mass is 494 g/mol. The zero-order chi connectivity index (χ0) is 24.9. The number of anilines is 5. The summed E-state index contributed by atoms with van der Waals surface area (Å²) in [4.78, 5) is 30.8. The quantitative estimate of drug-likeness (QED) is 0.449. The van der Waals surface area contributed by atoms with Crippen molar-refractivity contribution in [2.75, 3.05) is 48.8 Å². The maximum atomic E-state index is 12.6. The fourth-order valence-electron chi connectivity index (χ4n) is 3.89. The molecule has 1 aliphatic rings. The lowest BCUT2D eigenvalue weighted by atomic mass is 10.1. The minimum atomic E-state index is -0.173. The van der Waals surface area contributed by atoms with Crippen molar-refractivity contribution < 1.29 is 4.79 Å². The average molecular weight is 495 g/mol. The van der Waals surface area contributed by atoms with Crippen molar-refractivity contribution in [3.8, 4) is 0 Å². The van der Waals surface area contributed by atoms with E-state index in [2.05, 4.69) is 54.7 Å². The lowest BCUT2D eigenvalue weighted by Crippen LogP contribution is -2.45. The van der Waals surface area contributed by atoms with Gasteiger partial charge in [-0.1, -0.05) is 23.7 Å². The number of carbonyl (C=O) groups excluding carboxylic acids is 1. The number of benzene rings is 1. The number of pyridine rings is 1. The van der Waals surface area contributed by atoms with Gasteiger partial charge in [0.1, 0.15) is 10.8 Å². The molecule has 1 aromatic carbocycles. The Morgan fingerprint density at radius 1 is 1.06 bits per heavy atom. The average Bonchev–Trinajstić information content (AvgIpc) is 2.82. The summed E-state index contributed by atoms with van der Waals surface area (Å²) in [5, 5.41) is 9.64. The molecule has 35 heavy (non-hydrogen) atoms. The van der Waals surface area contributed by atoms with E-state index in [4.69, 9.17) is 11.6 Å². The second-order valence-electron chi connectivity index (χ2n) is 8.97. The Morgan fingerprint density at radius 3 is 2.51 bits per heavy atom. The number of para-hydroxylation sites is 1. The van der Waals surface area contributed by atoms with Crippen molar-refractivity contribution in [3.63, 3.8) is 0 Å². The van der Waals surface area contributed by atoms with E-state index in [1.54, 1.807) is 12.3 Å². The minimum Gasteiger partial charge on any atom is -0.354 e. The number of nitrogens with one attached hydrogen (secondary N) is 3. The molecular weight excluding hydrogens is 464 g/mol. The molecule has 0 radical (unpaired) electrons. The van der Waals surface area contributed by atoms with Crippen LogP contribution in [0.5, 0.6) is 0 Å². The van der Waals surface area contributed by atoms with Crippen LogP contribution >= 0.6 is 11.6 Å². The van der Waals surface area contributed by atoms with Gasteiger partial charge in [-0.2, -0.15) is 4.98 Å². The highest BCUT2D eigenvalue weighted by molar-refractivity contribution is 6.33. The van der Waals surface area contributed by atoms with Crippen LogP contribution in [-0.4, -0.2) is 65.0 Å². The molecule has 1 fully saturated rings. The van der Waals surface area contributed by atoms with Crippen LogP contribution in [0.15, 0.2) is 42.7 Å². The molecule has 0 unspecified atom stereocenters. The first-order chi connectivity index (χ1) is 16.8. The van der Waals surface area contributed by atoms with Crippen molar-refractivity contribution in [2.45, 2.75) is 26.8 Å². The Bertz CT molecular complexity index is 1190. The number of likely N-dealkylation sites (N-methyl/N-ethyl adjacent to an activating group) is 1. The Balaban J connectivity index is 1.51. The Labute approximate surface area is 210 Å². The van der Waals surface area contributed by atoms with Gasteiger partial charge in [-0.25, -0.2) is 9.97 Å². The number of carbonyl (C=O) groups is 1. The molecule has 9 nitrogen and oxygen atoms in total. The molecule has 3 N–H and O–H groups in total. The summed E-state index contributed by atoms with van der Waals surface area (Å²) in [5.41, 5.74) is 2.97. The van der Waals surface area contributed by atoms with Crippen LogP contribution in [0, 0.1) is 6.92 Å². The number of aromatic nitrogens is 3. The lowest BCUT2D eigenvalue weighted by Gasteiger charge is -2.34. The van der Waals surface area contributed by atoms with E-state index in [1.165, 1.54) is 6.20 Å². The number of halogens is 1. The van der Waals surface area contributed by atoms with Gasteiger partial charge in [0.05, 0.1) is 29.3 Å². The molecule has 0 aliphatic carbocycles. The van der Waals surface area contributed by atoms with Crippen molar-refractivity contribution in [1.82, 2.24) is 25.2 Å². The number of piperazine rings is 1. The molecule has 1 aliphatic heterocycles. The summed E-state index contributed by atoms with van der Waals surface area (Å²) in [5.74, 6) is 1.59. The summed E-state index contributed by atoms with van der Waals surface area (Å²) in [6.07, 6.45) is 3.31. The third-order valence-corrected chi connectivity index (χ3v) is 5.97. The molecule has 4 rings (SSSR count). The fourth-order valence-corrected chi connectivity index (χ4v) is 4.03. The minimum absolute atomic E-state index is 0.0219. The summed E-state index contributed by atoms with van der Waals surface area (Å²) in [7, 11) is 2.14. The number of nitrogens with zero attached hydrogens (tertiary/aromatic N) is 5. The Hall–Kier alpha value is -3.43. The highest BCUT2D eigenvalue weighted by Gasteiger charge is 2.18. The van der Waals surface area contributed by atoms with E-state index in [0.717, 1.165) is 43.2 Å². The smallest absolute Gasteiger partial charge is 0.253 e. The van der Waals surface area contributed by atoms with Crippen LogP contribution in [0.4, 0.5) is 29.0 Å². The largest absolute Gasteiger partial charge is 0.354 e. The molecule has 3 heterocycles. The maximum Gasteiger partial charge on any atom is 0.253 e. The first-order valence-electron chi connectivity index (χ1n) is 11.7. The highest BCUT2D eigenvalue weighted by Crippen LogP contribution is 2.28. The summed E-state index contributed by atoms with van der Waals surface area (Å²) >= 11 is 6.37. The number of aryl methyl sites for hydroxylation is 1. The molecule has 1 saturated heterocycles. The van der Waals surface area contributed by atoms with Crippen LogP contribution in [0.1, 0.15) is 29.8 Å². The summed E-state index contributed by atoms with van der Waals surface area (Å²) in [6.45, 7) is 9.87. The van der Waals surface area contributed by atoms with Crippen molar-refractivity contribution in [2.24, 2.45) is 0 Å².